The van der Waals surface area contributed by atoms with Crippen molar-refractivity contribution in [3.05, 3.63) is 42.6 Å². The first-order chi connectivity index (χ1) is 16.1. The molecule has 9 heteroatoms. The molecule has 174 valence electrons. The van der Waals surface area contributed by atoms with Crippen molar-refractivity contribution in [3.8, 4) is 11.3 Å². The summed E-state index contributed by atoms with van der Waals surface area (Å²) in [6.07, 6.45) is 10.9. The van der Waals surface area contributed by atoms with Crippen molar-refractivity contribution in [2.24, 2.45) is 7.05 Å². The minimum Gasteiger partial charge on any atom is -0.353 e. The average Bonchev–Trinajstić information content (AvgIpc) is 3.57. The fraction of sp³-hybridized carbons (Fsp3) is 0.333. The van der Waals surface area contributed by atoms with Gasteiger partial charge in [-0.15, -0.1) is 11.8 Å². The Hall–Kier alpha value is -3.33. The van der Waals surface area contributed by atoms with E-state index in [0.29, 0.717) is 17.9 Å². The number of nitrogens with one attached hydrogen (secondary N) is 3. The Labute approximate surface area is 198 Å². The summed E-state index contributed by atoms with van der Waals surface area (Å²) in [5.74, 6) is 1.19. The van der Waals surface area contributed by atoms with Crippen LogP contribution in [0.25, 0.3) is 22.4 Å². The lowest BCUT2D eigenvalue weighted by Gasteiger charge is -2.13. The number of nitrogens with zero attached hydrogens (tertiary/aromatic N) is 4. The Morgan fingerprint density at radius 1 is 1.12 bits per heavy atom. The number of H-pyrrole nitrogens is 1. The lowest BCUT2D eigenvalue weighted by molar-refractivity contribution is -0.105. The maximum absolute atomic E-state index is 10.8. The number of carbonyl (C=O) groups excluding carboxylic acids is 1. The topological polar surface area (TPSA) is 101 Å². The van der Waals surface area contributed by atoms with Gasteiger partial charge in [-0.3, -0.25) is 4.79 Å². The number of carbonyl (C=O) groups is 1. The summed E-state index contributed by atoms with van der Waals surface area (Å²) in [4.78, 5) is 28.3. The van der Waals surface area contributed by atoms with Crippen LogP contribution in [0.2, 0.25) is 0 Å². The third-order valence-corrected chi connectivity index (χ3v) is 5.39. The summed E-state index contributed by atoms with van der Waals surface area (Å²) in [6.45, 7) is 5.87. The first-order valence-electron chi connectivity index (χ1n) is 11.1. The molecule has 0 bridgehead atoms. The standard InChI is InChI=1S/C19H19N7OS.C3H6.C2H6/c1-11-22-18-14(7-17(21-10-27)25-19(18)23-11)24-13-5-4-12(6-16(13)28-3)15-8-26(2)9-20-15;1-2-3-1;1-2/h4-10H,1-3H3,(H3,21,22,23,24,25,27);1-3H2;1-2H3. The minimum atomic E-state index is 0.437. The molecule has 1 aliphatic carbocycles. The van der Waals surface area contributed by atoms with E-state index in [9.17, 15) is 4.79 Å². The number of hydrogen-bond donors (Lipinski definition) is 3. The molecule has 1 saturated carbocycles. The Morgan fingerprint density at radius 2 is 1.88 bits per heavy atom. The SMILES string of the molecule is C1CC1.CC.CSc1cc(-c2cn(C)cn2)ccc1Nc1cc(NC=O)nc2nc(C)[nH]c12. The Morgan fingerprint density at radius 3 is 2.48 bits per heavy atom. The van der Waals surface area contributed by atoms with E-state index in [0.717, 1.165) is 38.9 Å². The second kappa shape index (κ2) is 11.5. The summed E-state index contributed by atoms with van der Waals surface area (Å²) in [7, 11) is 1.95. The Bertz CT molecular complexity index is 1210. The second-order valence-electron chi connectivity index (χ2n) is 7.36. The molecule has 0 saturated heterocycles. The van der Waals surface area contributed by atoms with E-state index in [1.165, 1.54) is 19.3 Å². The molecule has 0 aliphatic heterocycles. The molecule has 0 spiro atoms. The fourth-order valence-corrected chi connectivity index (χ4v) is 3.58. The molecule has 33 heavy (non-hydrogen) atoms. The summed E-state index contributed by atoms with van der Waals surface area (Å²) in [5, 5.41) is 6.04. The molecule has 5 rings (SSSR count). The summed E-state index contributed by atoms with van der Waals surface area (Å²) in [6, 6.07) is 7.95. The molecule has 3 N–H and O–H groups in total. The highest BCUT2D eigenvalue weighted by Gasteiger charge is 2.13. The van der Waals surface area contributed by atoms with Gasteiger partial charge in [0.05, 0.1) is 23.4 Å². The molecular formula is C24H31N7OS. The van der Waals surface area contributed by atoms with Gasteiger partial charge in [0.1, 0.15) is 17.2 Å². The van der Waals surface area contributed by atoms with Crippen LogP contribution in [0.15, 0.2) is 41.7 Å². The van der Waals surface area contributed by atoms with Crippen LogP contribution in [-0.2, 0) is 11.8 Å². The number of fused-ring (bicyclic) bond motifs is 1. The summed E-state index contributed by atoms with van der Waals surface area (Å²) in [5.41, 5.74) is 5.05. The number of pyridine rings is 1. The first kappa shape index (κ1) is 24.3. The second-order valence-corrected chi connectivity index (χ2v) is 8.21. The van der Waals surface area contributed by atoms with E-state index in [1.807, 2.05) is 57.0 Å². The van der Waals surface area contributed by atoms with Gasteiger partial charge in [0.2, 0.25) is 6.41 Å². The van der Waals surface area contributed by atoms with Crippen molar-refractivity contribution in [3.63, 3.8) is 0 Å². The molecule has 1 amide bonds. The van der Waals surface area contributed by atoms with Crippen molar-refractivity contribution in [1.29, 1.82) is 0 Å². The zero-order chi connectivity index (χ0) is 23.8. The van der Waals surface area contributed by atoms with E-state index in [4.69, 9.17) is 0 Å². The minimum absolute atomic E-state index is 0.437. The molecular weight excluding hydrogens is 434 g/mol. The zero-order valence-corrected chi connectivity index (χ0v) is 20.6. The number of anilines is 3. The fourth-order valence-electron chi connectivity index (χ4n) is 3.00. The molecule has 1 fully saturated rings. The third-order valence-electron chi connectivity index (χ3n) is 4.61. The number of thioether (sulfide) groups is 1. The predicted octanol–water partition coefficient (Wildman–Crippen LogP) is 5.90. The molecule has 0 unspecified atom stereocenters. The van der Waals surface area contributed by atoms with Crippen LogP contribution in [0.3, 0.4) is 0 Å². The van der Waals surface area contributed by atoms with Gasteiger partial charge in [-0.1, -0.05) is 39.2 Å². The number of imidazole rings is 2. The number of amides is 1. The summed E-state index contributed by atoms with van der Waals surface area (Å²) < 4.78 is 1.93. The molecule has 8 nitrogen and oxygen atoms in total. The van der Waals surface area contributed by atoms with Crippen molar-refractivity contribution in [1.82, 2.24) is 24.5 Å². The van der Waals surface area contributed by atoms with Crippen molar-refractivity contribution in [2.75, 3.05) is 16.9 Å². The van der Waals surface area contributed by atoms with Crippen LogP contribution in [0, 0.1) is 6.92 Å². The predicted molar refractivity (Wildman–Crippen MR) is 137 cm³/mol. The largest absolute Gasteiger partial charge is 0.353 e. The highest BCUT2D eigenvalue weighted by Crippen LogP contribution is 2.34. The molecule has 0 atom stereocenters. The third kappa shape index (κ3) is 6.35. The van der Waals surface area contributed by atoms with E-state index in [-0.39, 0.29) is 0 Å². The number of rotatable bonds is 6. The van der Waals surface area contributed by atoms with Gasteiger partial charge in [0.25, 0.3) is 0 Å². The Balaban J connectivity index is 0.000000554. The van der Waals surface area contributed by atoms with Gasteiger partial charge >= 0.3 is 0 Å². The van der Waals surface area contributed by atoms with Gasteiger partial charge in [-0.25, -0.2) is 15.0 Å². The molecule has 4 aromatic rings. The van der Waals surface area contributed by atoms with Gasteiger partial charge < -0.3 is 20.2 Å². The number of aromatic nitrogens is 5. The van der Waals surface area contributed by atoms with Gasteiger partial charge in [0, 0.05) is 29.8 Å². The smallest absolute Gasteiger partial charge is 0.212 e. The normalized spacial score (nSPS) is 11.7. The quantitative estimate of drug-likeness (QED) is 0.242. The molecule has 1 aromatic carbocycles. The number of aryl methyl sites for hydroxylation is 2. The number of aromatic amines is 1. The van der Waals surface area contributed by atoms with Crippen LogP contribution < -0.4 is 10.6 Å². The van der Waals surface area contributed by atoms with Crippen LogP contribution in [-0.4, -0.2) is 37.2 Å². The number of benzene rings is 1. The van der Waals surface area contributed by atoms with E-state index < -0.39 is 0 Å². The number of hydrogen-bond acceptors (Lipinski definition) is 6. The molecule has 3 heterocycles. The zero-order valence-electron chi connectivity index (χ0n) is 19.8. The van der Waals surface area contributed by atoms with E-state index >= 15 is 0 Å². The van der Waals surface area contributed by atoms with Crippen LogP contribution >= 0.6 is 11.8 Å². The first-order valence-corrected chi connectivity index (χ1v) is 12.3. The maximum Gasteiger partial charge on any atom is 0.212 e. The van der Waals surface area contributed by atoms with Crippen molar-refractivity contribution < 1.29 is 4.79 Å². The van der Waals surface area contributed by atoms with Crippen LogP contribution in [0.1, 0.15) is 38.9 Å². The van der Waals surface area contributed by atoms with Crippen molar-refractivity contribution >= 4 is 46.5 Å². The maximum atomic E-state index is 10.8. The van der Waals surface area contributed by atoms with E-state index in [2.05, 4.69) is 36.6 Å². The molecule has 1 aliphatic rings. The lowest BCUT2D eigenvalue weighted by atomic mass is 10.1. The summed E-state index contributed by atoms with van der Waals surface area (Å²) >= 11 is 1.65. The van der Waals surface area contributed by atoms with Gasteiger partial charge in [0.15, 0.2) is 5.65 Å². The van der Waals surface area contributed by atoms with Crippen LogP contribution in [0.5, 0.6) is 0 Å². The highest BCUT2D eigenvalue weighted by atomic mass is 32.2. The average molecular weight is 466 g/mol. The van der Waals surface area contributed by atoms with Crippen LogP contribution in [0.4, 0.5) is 17.2 Å². The monoisotopic (exact) mass is 465 g/mol. The highest BCUT2D eigenvalue weighted by molar-refractivity contribution is 7.98. The van der Waals surface area contributed by atoms with Gasteiger partial charge in [-0.2, -0.15) is 0 Å². The molecule has 3 aromatic heterocycles. The van der Waals surface area contributed by atoms with Crippen molar-refractivity contribution in [2.45, 2.75) is 44.9 Å². The Kier molecular flexibility index (Phi) is 8.48. The lowest BCUT2D eigenvalue weighted by Crippen LogP contribution is -2.00. The molecule has 0 radical (unpaired) electrons. The van der Waals surface area contributed by atoms with E-state index in [1.54, 1.807) is 24.2 Å². The van der Waals surface area contributed by atoms with Gasteiger partial charge in [-0.05, 0) is 25.3 Å².